The van der Waals surface area contributed by atoms with Crippen LogP contribution in [-0.4, -0.2) is 208 Å². The van der Waals surface area contributed by atoms with Crippen molar-refractivity contribution in [1.29, 1.82) is 0 Å². The number of carbonyl (C=O) groups is 4. The predicted molar refractivity (Wildman–Crippen MR) is 271 cm³/mol. The maximum Gasteiger partial charge on any atom is 0.247 e. The highest BCUT2D eigenvalue weighted by molar-refractivity contribution is 5.88. The Kier molecular flexibility index (Phi) is 33.1. The van der Waals surface area contributed by atoms with Gasteiger partial charge < -0.3 is 81.6 Å². The van der Waals surface area contributed by atoms with E-state index in [1.165, 1.54) is 6.92 Å². The number of nitrogens with zero attached hydrogens (tertiary/aromatic N) is 4. The van der Waals surface area contributed by atoms with Crippen LogP contribution in [0.4, 0.5) is 0 Å². The lowest BCUT2D eigenvalue weighted by Crippen LogP contribution is -2.53. The fourth-order valence-electron chi connectivity index (χ4n) is 6.19. The molecule has 3 N–H and O–H groups in total. The summed E-state index contributed by atoms with van der Waals surface area (Å²) in [5.41, 5.74) is 1.62. The molecule has 3 amide bonds. The van der Waals surface area contributed by atoms with Crippen LogP contribution >= 0.6 is 0 Å². The second kappa shape index (κ2) is 40.3. The van der Waals surface area contributed by atoms with Gasteiger partial charge in [-0.25, -0.2) is 0 Å². The number of hydrogen-bond acceptors (Lipinski definition) is 22. The molecule has 0 aliphatic heterocycles. The zero-order valence-electron chi connectivity index (χ0n) is 43.9. The third kappa shape index (κ3) is 29.9. The van der Waals surface area contributed by atoms with Gasteiger partial charge in [-0.1, -0.05) is 0 Å². The molecule has 25 heteroatoms. The lowest BCUT2D eigenvalue weighted by atomic mass is 10.2. The Morgan fingerprint density at radius 3 is 1.17 bits per heavy atom. The molecule has 4 aromatic rings. The molecule has 0 saturated heterocycles. The highest BCUT2D eigenvalue weighted by atomic mass is 16.6. The van der Waals surface area contributed by atoms with E-state index in [4.69, 9.17) is 65.7 Å². The third-order valence-corrected chi connectivity index (χ3v) is 10.1. The van der Waals surface area contributed by atoms with E-state index in [0.717, 1.165) is 11.1 Å². The minimum absolute atomic E-state index is 0.0267. The lowest BCUT2D eigenvalue weighted by molar-refractivity contribution is -0.130. The first-order valence-electron chi connectivity index (χ1n) is 25.3. The summed E-state index contributed by atoms with van der Waals surface area (Å²) in [6, 6.07) is 13.6. The quantitative estimate of drug-likeness (QED) is 0.0536. The Labute approximate surface area is 442 Å². The Morgan fingerprint density at radius 2 is 0.789 bits per heavy atom. The number of ketones is 1. The summed E-state index contributed by atoms with van der Waals surface area (Å²) < 4.78 is 77.4. The SMILES string of the molecule is CC(=O)CCOCCOCCNC(=O)[C@H](CNC(=O)CCOCCOCCOCCOCCOc1ccc(-c2nnc(C)o2)cc1)NC(=O)CCOCCOCCOCCOCCOc1ccc(-c2nnc(C)o2)cc1. The van der Waals surface area contributed by atoms with E-state index in [1.807, 2.05) is 48.5 Å². The zero-order valence-corrected chi connectivity index (χ0v) is 43.9. The largest absolute Gasteiger partial charge is 0.491 e. The minimum atomic E-state index is -1.06. The number of aryl methyl sites for hydroxylation is 2. The van der Waals surface area contributed by atoms with E-state index in [-0.39, 0.29) is 77.3 Å². The molecule has 76 heavy (non-hydrogen) atoms. The zero-order chi connectivity index (χ0) is 54.1. The summed E-state index contributed by atoms with van der Waals surface area (Å²) in [6.07, 6.45) is 0.332. The minimum Gasteiger partial charge on any atom is -0.491 e. The van der Waals surface area contributed by atoms with Crippen LogP contribution in [0.25, 0.3) is 22.9 Å². The average molecular weight is 1070 g/mol. The Bertz CT molecular complexity index is 2160. The van der Waals surface area contributed by atoms with Gasteiger partial charge in [-0.15, -0.1) is 20.4 Å². The number of Topliss-reactive ketones (excluding diaryl/α,β-unsaturated/α-hetero) is 1. The van der Waals surface area contributed by atoms with E-state index in [2.05, 4.69) is 36.3 Å². The standard InChI is InChI=1S/C51H75N7O18/c1-39(59)12-16-63-20-23-66-19-15-52-49(62)46(54-48(61)14-18-65-22-25-68-27-29-70-31-33-72-35-37-74-45-10-6-43(7-11-45)51-58-56-41(3)76-51)38-53-47(60)13-17-64-21-24-67-26-28-69-30-32-71-34-36-73-44-8-4-42(5-9-44)50-57-55-40(2)75-50/h4-11,46H,12-38H2,1-3H3,(H,52,62)(H,53,60)(H,54,61)/t46-/m0/s1. The highest BCUT2D eigenvalue weighted by Crippen LogP contribution is 2.22. The van der Waals surface area contributed by atoms with Crippen LogP contribution in [0.2, 0.25) is 0 Å². The number of aromatic nitrogens is 4. The van der Waals surface area contributed by atoms with Crippen molar-refractivity contribution in [3.8, 4) is 34.4 Å². The van der Waals surface area contributed by atoms with Crippen molar-refractivity contribution < 1.29 is 84.9 Å². The Morgan fingerprint density at radius 1 is 0.434 bits per heavy atom. The number of hydrogen-bond donors (Lipinski definition) is 3. The van der Waals surface area contributed by atoms with Crippen LogP contribution in [0.15, 0.2) is 57.4 Å². The summed E-state index contributed by atoms with van der Waals surface area (Å²) in [5, 5.41) is 23.7. The van der Waals surface area contributed by atoms with Gasteiger partial charge >= 0.3 is 0 Å². The lowest BCUT2D eigenvalue weighted by Gasteiger charge is -2.19. The van der Waals surface area contributed by atoms with Crippen LogP contribution in [0.3, 0.4) is 0 Å². The maximum atomic E-state index is 13.1. The fraction of sp³-hybridized carbons (Fsp3) is 0.608. The summed E-state index contributed by atoms with van der Waals surface area (Å²) >= 11 is 0. The van der Waals surface area contributed by atoms with Crippen molar-refractivity contribution in [2.45, 2.75) is 46.1 Å². The summed E-state index contributed by atoms with van der Waals surface area (Å²) in [4.78, 5) is 49.6. The molecule has 2 aromatic carbocycles. The monoisotopic (exact) mass is 1070 g/mol. The number of nitrogens with one attached hydrogen (secondary N) is 3. The van der Waals surface area contributed by atoms with E-state index in [0.29, 0.717) is 147 Å². The molecular weight excluding hydrogens is 999 g/mol. The summed E-state index contributed by atoms with van der Waals surface area (Å²) in [6.45, 7) is 12.0. The molecule has 0 unspecified atom stereocenters. The molecule has 4 rings (SSSR count). The average Bonchev–Trinajstić information content (AvgIpc) is 4.07. The van der Waals surface area contributed by atoms with Gasteiger partial charge in [-0.3, -0.25) is 19.2 Å². The molecule has 0 aliphatic carbocycles. The first-order valence-corrected chi connectivity index (χ1v) is 25.3. The van der Waals surface area contributed by atoms with Crippen molar-refractivity contribution in [3.63, 3.8) is 0 Å². The Balaban J connectivity index is 0.959. The highest BCUT2D eigenvalue weighted by Gasteiger charge is 2.21. The predicted octanol–water partition coefficient (Wildman–Crippen LogP) is 2.50. The first kappa shape index (κ1) is 62.5. The van der Waals surface area contributed by atoms with Gasteiger partial charge in [0.05, 0.1) is 132 Å². The fourth-order valence-corrected chi connectivity index (χ4v) is 6.19. The van der Waals surface area contributed by atoms with Crippen molar-refractivity contribution in [2.24, 2.45) is 0 Å². The molecular formula is C51H75N7O18. The second-order valence-electron chi connectivity index (χ2n) is 16.3. The molecule has 0 bridgehead atoms. The van der Waals surface area contributed by atoms with Crippen molar-refractivity contribution >= 4 is 23.5 Å². The van der Waals surface area contributed by atoms with Gasteiger partial charge in [0.2, 0.25) is 41.3 Å². The number of ether oxygens (including phenoxy) is 12. The number of carbonyl (C=O) groups excluding carboxylic acids is 4. The van der Waals surface area contributed by atoms with Crippen molar-refractivity contribution in [1.82, 2.24) is 36.3 Å². The molecule has 422 valence electrons. The third-order valence-electron chi connectivity index (χ3n) is 10.1. The molecule has 0 aliphatic rings. The first-order chi connectivity index (χ1) is 37.2. The molecule has 2 aromatic heterocycles. The molecule has 0 fully saturated rings. The van der Waals surface area contributed by atoms with Gasteiger partial charge in [0.1, 0.15) is 36.5 Å². The summed E-state index contributed by atoms with van der Waals surface area (Å²) in [7, 11) is 0. The van der Waals surface area contributed by atoms with Crippen LogP contribution in [-0.2, 0) is 66.5 Å². The van der Waals surface area contributed by atoms with E-state index < -0.39 is 17.9 Å². The van der Waals surface area contributed by atoms with Crippen LogP contribution in [0, 0.1) is 13.8 Å². The van der Waals surface area contributed by atoms with Crippen molar-refractivity contribution in [2.75, 3.05) is 158 Å². The second-order valence-corrected chi connectivity index (χ2v) is 16.3. The van der Waals surface area contributed by atoms with Gasteiger partial charge in [0.25, 0.3) is 0 Å². The number of rotatable bonds is 47. The molecule has 0 radical (unpaired) electrons. The van der Waals surface area contributed by atoms with Gasteiger partial charge in [-0.05, 0) is 55.5 Å². The molecule has 0 saturated carbocycles. The van der Waals surface area contributed by atoms with Crippen LogP contribution in [0.5, 0.6) is 11.5 Å². The molecule has 25 nitrogen and oxygen atoms in total. The number of amides is 3. The van der Waals surface area contributed by atoms with Gasteiger partial charge in [0, 0.05) is 57.3 Å². The molecule has 2 heterocycles. The van der Waals surface area contributed by atoms with Crippen LogP contribution < -0.4 is 25.4 Å². The topological polar surface area (TPSA) is 293 Å². The maximum absolute atomic E-state index is 13.1. The normalized spacial score (nSPS) is 11.6. The van der Waals surface area contributed by atoms with Gasteiger partial charge in [-0.2, -0.15) is 0 Å². The molecule has 0 spiro atoms. The Hall–Kier alpha value is -6.00. The van der Waals surface area contributed by atoms with E-state index >= 15 is 0 Å². The molecule has 1 atom stereocenters. The van der Waals surface area contributed by atoms with Crippen LogP contribution in [0.1, 0.15) is 38.0 Å². The van der Waals surface area contributed by atoms with Gasteiger partial charge in [0.15, 0.2) is 0 Å². The van der Waals surface area contributed by atoms with Crippen molar-refractivity contribution in [3.05, 3.63) is 60.3 Å². The summed E-state index contributed by atoms with van der Waals surface area (Å²) in [5.74, 6) is 2.05. The van der Waals surface area contributed by atoms with E-state index in [1.54, 1.807) is 13.8 Å². The number of benzene rings is 2. The van der Waals surface area contributed by atoms with E-state index in [9.17, 15) is 19.2 Å². The smallest absolute Gasteiger partial charge is 0.247 e.